The fourth-order valence-electron chi connectivity index (χ4n) is 2.57. The molecule has 2 rings (SSSR count). The summed E-state index contributed by atoms with van der Waals surface area (Å²) in [5.41, 5.74) is 1.22. The minimum atomic E-state index is -0.204. The minimum absolute atomic E-state index is 0.00890. The summed E-state index contributed by atoms with van der Waals surface area (Å²) >= 11 is 1.36. The van der Waals surface area contributed by atoms with Gasteiger partial charge in [0.25, 0.3) is 5.91 Å². The average Bonchev–Trinajstić information content (AvgIpc) is 3.21. The second-order valence-corrected chi connectivity index (χ2v) is 6.99. The van der Waals surface area contributed by atoms with Crippen LogP contribution in [-0.4, -0.2) is 38.0 Å². The SMILES string of the molecule is CCCCN(CCCNC(=O)CNC(=O)c1cccs1)c1ccccc1. The molecule has 6 heteroatoms. The van der Waals surface area contributed by atoms with Gasteiger partial charge in [0.1, 0.15) is 0 Å². The second-order valence-electron chi connectivity index (χ2n) is 6.04. The van der Waals surface area contributed by atoms with Crippen molar-refractivity contribution in [1.82, 2.24) is 10.6 Å². The molecule has 1 aromatic carbocycles. The molecule has 0 fully saturated rings. The summed E-state index contributed by atoms with van der Waals surface area (Å²) < 4.78 is 0. The smallest absolute Gasteiger partial charge is 0.261 e. The predicted molar refractivity (Wildman–Crippen MR) is 108 cm³/mol. The lowest BCUT2D eigenvalue weighted by atomic mass is 10.2. The molecule has 5 nitrogen and oxygen atoms in total. The minimum Gasteiger partial charge on any atom is -0.371 e. The van der Waals surface area contributed by atoms with E-state index in [0.29, 0.717) is 11.4 Å². The van der Waals surface area contributed by atoms with Gasteiger partial charge < -0.3 is 15.5 Å². The second kappa shape index (κ2) is 11.3. The Morgan fingerprint density at radius 1 is 1.00 bits per heavy atom. The zero-order chi connectivity index (χ0) is 18.6. The van der Waals surface area contributed by atoms with Crippen LogP contribution in [0, 0.1) is 0 Å². The topological polar surface area (TPSA) is 61.4 Å². The standard InChI is InChI=1S/C20H27N3O2S/c1-2-3-13-23(17-9-5-4-6-10-17)14-8-12-21-19(24)16-22-20(25)18-11-7-15-26-18/h4-7,9-11,15H,2-3,8,12-14,16H2,1H3,(H,21,24)(H,22,25). The van der Waals surface area contributed by atoms with E-state index in [0.717, 1.165) is 32.4 Å². The maximum Gasteiger partial charge on any atom is 0.261 e. The molecule has 2 N–H and O–H groups in total. The fourth-order valence-corrected chi connectivity index (χ4v) is 3.21. The van der Waals surface area contributed by atoms with Crippen LogP contribution in [0.2, 0.25) is 0 Å². The maximum absolute atomic E-state index is 11.9. The summed E-state index contributed by atoms with van der Waals surface area (Å²) in [7, 11) is 0. The molecule has 1 aromatic heterocycles. The predicted octanol–water partition coefficient (Wildman–Crippen LogP) is 3.29. The number of carbonyl (C=O) groups excluding carboxylic acids is 2. The summed E-state index contributed by atoms with van der Waals surface area (Å²) in [6, 6.07) is 13.9. The van der Waals surface area contributed by atoms with Crippen LogP contribution in [0.1, 0.15) is 35.9 Å². The fraction of sp³-hybridized carbons (Fsp3) is 0.400. The molecule has 2 amide bonds. The number of hydrogen-bond donors (Lipinski definition) is 2. The number of rotatable bonds is 11. The van der Waals surface area contributed by atoms with Gasteiger partial charge in [0.2, 0.25) is 5.91 Å². The van der Waals surface area contributed by atoms with Crippen LogP contribution in [-0.2, 0) is 4.79 Å². The van der Waals surface area contributed by atoms with Crippen molar-refractivity contribution >= 4 is 28.8 Å². The molecule has 0 radical (unpaired) electrons. The molecular formula is C20H27N3O2S. The van der Waals surface area contributed by atoms with Crippen LogP contribution in [0.3, 0.4) is 0 Å². The number of thiophene rings is 1. The number of unbranched alkanes of at least 4 members (excludes halogenated alkanes) is 1. The first-order valence-electron chi connectivity index (χ1n) is 9.09. The van der Waals surface area contributed by atoms with Gasteiger partial charge in [-0.25, -0.2) is 0 Å². The van der Waals surface area contributed by atoms with Gasteiger partial charge in [-0.1, -0.05) is 37.6 Å². The summed E-state index contributed by atoms with van der Waals surface area (Å²) in [4.78, 5) is 26.6. The maximum atomic E-state index is 11.9. The van der Waals surface area contributed by atoms with E-state index < -0.39 is 0 Å². The Morgan fingerprint density at radius 3 is 2.46 bits per heavy atom. The largest absolute Gasteiger partial charge is 0.371 e. The van der Waals surface area contributed by atoms with Crippen molar-refractivity contribution in [1.29, 1.82) is 0 Å². The Bertz CT molecular complexity index is 659. The number of nitrogens with zero attached hydrogens (tertiary/aromatic N) is 1. The van der Waals surface area contributed by atoms with Crippen LogP contribution >= 0.6 is 11.3 Å². The van der Waals surface area contributed by atoms with E-state index in [1.54, 1.807) is 6.07 Å². The average molecular weight is 374 g/mol. The van der Waals surface area contributed by atoms with Crippen molar-refractivity contribution in [3.8, 4) is 0 Å². The Kier molecular flexibility index (Phi) is 8.69. The Labute approximate surface area is 159 Å². The number of hydrogen-bond acceptors (Lipinski definition) is 4. The summed E-state index contributed by atoms with van der Waals surface area (Å²) in [6.45, 7) is 4.71. The zero-order valence-electron chi connectivity index (χ0n) is 15.2. The third kappa shape index (κ3) is 6.88. The molecule has 0 saturated carbocycles. The number of benzene rings is 1. The van der Waals surface area contributed by atoms with Gasteiger partial charge in [0, 0.05) is 25.3 Å². The molecule has 0 aliphatic heterocycles. The van der Waals surface area contributed by atoms with Crippen LogP contribution < -0.4 is 15.5 Å². The van der Waals surface area contributed by atoms with Crippen molar-refractivity contribution in [3.05, 3.63) is 52.7 Å². The highest BCUT2D eigenvalue weighted by molar-refractivity contribution is 7.12. The summed E-state index contributed by atoms with van der Waals surface area (Å²) in [5, 5.41) is 7.35. The molecule has 26 heavy (non-hydrogen) atoms. The van der Waals surface area contributed by atoms with E-state index >= 15 is 0 Å². The molecule has 140 valence electrons. The Morgan fingerprint density at radius 2 is 1.77 bits per heavy atom. The van der Waals surface area contributed by atoms with Crippen molar-refractivity contribution in [2.45, 2.75) is 26.2 Å². The summed E-state index contributed by atoms with van der Waals surface area (Å²) in [6.07, 6.45) is 3.17. The number of carbonyl (C=O) groups is 2. The van der Waals surface area contributed by atoms with Gasteiger partial charge in [-0.15, -0.1) is 11.3 Å². The molecular weight excluding hydrogens is 346 g/mol. The van der Waals surface area contributed by atoms with Crippen molar-refractivity contribution < 1.29 is 9.59 Å². The number of para-hydroxylation sites is 1. The third-order valence-corrected chi connectivity index (χ3v) is 4.85. The normalized spacial score (nSPS) is 10.3. The Balaban J connectivity index is 1.67. The van der Waals surface area contributed by atoms with E-state index in [2.05, 4.69) is 34.6 Å². The first-order chi connectivity index (χ1) is 12.7. The zero-order valence-corrected chi connectivity index (χ0v) is 16.1. The van der Waals surface area contributed by atoms with Gasteiger partial charge in [-0.2, -0.15) is 0 Å². The molecule has 0 unspecified atom stereocenters. The van der Waals surface area contributed by atoms with Crippen LogP contribution in [0.5, 0.6) is 0 Å². The van der Waals surface area contributed by atoms with Crippen molar-refractivity contribution in [2.24, 2.45) is 0 Å². The highest BCUT2D eigenvalue weighted by atomic mass is 32.1. The summed E-state index contributed by atoms with van der Waals surface area (Å²) in [5.74, 6) is -0.361. The lowest BCUT2D eigenvalue weighted by Gasteiger charge is -2.24. The number of nitrogens with one attached hydrogen (secondary N) is 2. The van der Waals surface area contributed by atoms with Crippen LogP contribution in [0.25, 0.3) is 0 Å². The van der Waals surface area contributed by atoms with Crippen LogP contribution in [0.4, 0.5) is 5.69 Å². The molecule has 0 aliphatic carbocycles. The van der Waals surface area contributed by atoms with Gasteiger partial charge in [0.05, 0.1) is 11.4 Å². The van der Waals surface area contributed by atoms with E-state index in [4.69, 9.17) is 0 Å². The third-order valence-electron chi connectivity index (χ3n) is 3.98. The Hall–Kier alpha value is -2.34. The van der Waals surface area contributed by atoms with Crippen molar-refractivity contribution in [3.63, 3.8) is 0 Å². The first kappa shape index (κ1) is 20.0. The number of anilines is 1. The van der Waals surface area contributed by atoms with Gasteiger partial charge >= 0.3 is 0 Å². The quantitative estimate of drug-likeness (QED) is 0.594. The number of amides is 2. The first-order valence-corrected chi connectivity index (χ1v) is 9.97. The van der Waals surface area contributed by atoms with Gasteiger partial charge in [-0.3, -0.25) is 9.59 Å². The lowest BCUT2D eigenvalue weighted by Crippen LogP contribution is -2.38. The molecule has 0 saturated heterocycles. The van der Waals surface area contributed by atoms with E-state index in [9.17, 15) is 9.59 Å². The van der Waals surface area contributed by atoms with E-state index in [1.165, 1.54) is 17.0 Å². The highest BCUT2D eigenvalue weighted by Crippen LogP contribution is 2.14. The molecule has 0 bridgehead atoms. The van der Waals surface area contributed by atoms with Gasteiger partial charge in [-0.05, 0) is 36.4 Å². The monoisotopic (exact) mass is 373 g/mol. The highest BCUT2D eigenvalue weighted by Gasteiger charge is 2.09. The van der Waals surface area contributed by atoms with Crippen molar-refractivity contribution in [2.75, 3.05) is 31.1 Å². The molecule has 0 spiro atoms. The van der Waals surface area contributed by atoms with E-state index in [1.807, 2.05) is 29.6 Å². The van der Waals surface area contributed by atoms with Crippen LogP contribution in [0.15, 0.2) is 47.8 Å². The van der Waals surface area contributed by atoms with Gasteiger partial charge in [0.15, 0.2) is 0 Å². The van der Waals surface area contributed by atoms with E-state index in [-0.39, 0.29) is 18.4 Å². The lowest BCUT2D eigenvalue weighted by molar-refractivity contribution is -0.120. The molecule has 0 aliphatic rings. The molecule has 0 atom stereocenters. The molecule has 1 heterocycles. The molecule has 2 aromatic rings.